The minimum Gasteiger partial charge on any atom is -0.507 e. The van der Waals surface area contributed by atoms with Crippen molar-refractivity contribution in [1.29, 1.82) is 0 Å². The molecule has 0 saturated heterocycles. The van der Waals surface area contributed by atoms with Gasteiger partial charge in [0.2, 0.25) is 0 Å². The molecule has 132 valence electrons. The molecule has 1 aliphatic heterocycles. The third-order valence-electron chi connectivity index (χ3n) is 4.56. The van der Waals surface area contributed by atoms with Crippen LogP contribution in [-0.4, -0.2) is 30.2 Å². The van der Waals surface area contributed by atoms with Crippen molar-refractivity contribution in [3.05, 3.63) is 40.5 Å². The highest BCUT2D eigenvalue weighted by Crippen LogP contribution is 2.46. The van der Waals surface area contributed by atoms with Crippen molar-refractivity contribution >= 4 is 5.78 Å². The fraction of sp³-hybridized carbons (Fsp3) is 0.316. The smallest absolute Gasteiger partial charge is 0.182 e. The molecule has 25 heavy (non-hydrogen) atoms. The Kier molecular flexibility index (Phi) is 4.20. The standard InChI is InChI=1S/C19H20O6/c1-9-16(21)10(2)18-12(17(9)22)8-13(20)19(25-18)11-5-6-14(23-3)15(7-11)24-4/h5-7,19,21-22H,8H2,1-4H3. The number of aromatic hydroxyl groups is 2. The molecule has 0 spiro atoms. The van der Waals surface area contributed by atoms with E-state index in [1.54, 1.807) is 32.0 Å². The first-order chi connectivity index (χ1) is 11.9. The number of hydrogen-bond acceptors (Lipinski definition) is 6. The first kappa shape index (κ1) is 17.0. The Labute approximate surface area is 145 Å². The fourth-order valence-electron chi connectivity index (χ4n) is 3.10. The Morgan fingerprint density at radius 1 is 1.04 bits per heavy atom. The van der Waals surface area contributed by atoms with Crippen LogP contribution in [0, 0.1) is 13.8 Å². The fourth-order valence-corrected chi connectivity index (χ4v) is 3.10. The highest BCUT2D eigenvalue weighted by atomic mass is 16.5. The van der Waals surface area contributed by atoms with Gasteiger partial charge in [0, 0.05) is 28.7 Å². The Hall–Kier alpha value is -2.89. The van der Waals surface area contributed by atoms with Gasteiger partial charge in [-0.2, -0.15) is 0 Å². The summed E-state index contributed by atoms with van der Waals surface area (Å²) in [5.74, 6) is 1.08. The largest absolute Gasteiger partial charge is 0.507 e. The number of rotatable bonds is 3. The number of phenolic OH excluding ortho intramolecular Hbond substituents is 2. The van der Waals surface area contributed by atoms with Gasteiger partial charge in [-0.1, -0.05) is 6.07 Å². The zero-order chi connectivity index (χ0) is 18.3. The number of fused-ring (bicyclic) bond motifs is 1. The van der Waals surface area contributed by atoms with Gasteiger partial charge in [-0.3, -0.25) is 4.79 Å². The lowest BCUT2D eigenvalue weighted by Crippen LogP contribution is -2.26. The zero-order valence-corrected chi connectivity index (χ0v) is 14.5. The molecule has 1 heterocycles. The molecule has 0 aliphatic carbocycles. The number of phenols is 2. The minimum absolute atomic E-state index is 0.0299. The summed E-state index contributed by atoms with van der Waals surface area (Å²) in [4.78, 5) is 12.6. The van der Waals surface area contributed by atoms with E-state index in [4.69, 9.17) is 14.2 Å². The van der Waals surface area contributed by atoms with Crippen molar-refractivity contribution in [3.8, 4) is 28.7 Å². The molecular weight excluding hydrogens is 324 g/mol. The normalized spacial score (nSPS) is 16.2. The Bertz CT molecular complexity index is 856. The van der Waals surface area contributed by atoms with Gasteiger partial charge in [0.15, 0.2) is 23.4 Å². The van der Waals surface area contributed by atoms with Gasteiger partial charge in [0.1, 0.15) is 17.2 Å². The van der Waals surface area contributed by atoms with Crippen LogP contribution in [0.15, 0.2) is 18.2 Å². The molecule has 0 amide bonds. The van der Waals surface area contributed by atoms with Gasteiger partial charge in [-0.15, -0.1) is 0 Å². The summed E-state index contributed by atoms with van der Waals surface area (Å²) in [5, 5.41) is 20.4. The first-order valence-electron chi connectivity index (χ1n) is 7.84. The number of carbonyl (C=O) groups excluding carboxylic acids is 1. The maximum absolute atomic E-state index is 12.6. The molecule has 0 saturated carbocycles. The molecule has 0 aromatic heterocycles. The second-order valence-corrected chi connectivity index (χ2v) is 6.01. The van der Waals surface area contributed by atoms with Crippen molar-refractivity contribution < 1.29 is 29.2 Å². The topological polar surface area (TPSA) is 85.2 Å². The Morgan fingerprint density at radius 3 is 2.36 bits per heavy atom. The van der Waals surface area contributed by atoms with Gasteiger partial charge in [-0.25, -0.2) is 0 Å². The second kappa shape index (κ2) is 6.20. The van der Waals surface area contributed by atoms with Crippen LogP contribution in [0.25, 0.3) is 0 Å². The molecule has 2 N–H and O–H groups in total. The molecule has 1 aliphatic rings. The lowest BCUT2D eigenvalue weighted by atomic mass is 9.92. The van der Waals surface area contributed by atoms with Crippen molar-refractivity contribution in [3.63, 3.8) is 0 Å². The average Bonchev–Trinajstić information content (AvgIpc) is 2.63. The van der Waals surface area contributed by atoms with Crippen LogP contribution >= 0.6 is 0 Å². The summed E-state index contributed by atoms with van der Waals surface area (Å²) in [5.41, 5.74) is 1.88. The number of ketones is 1. The summed E-state index contributed by atoms with van der Waals surface area (Å²) >= 11 is 0. The zero-order valence-electron chi connectivity index (χ0n) is 14.5. The molecule has 1 atom stereocenters. The first-order valence-corrected chi connectivity index (χ1v) is 7.84. The summed E-state index contributed by atoms with van der Waals surface area (Å²) in [6, 6.07) is 5.13. The molecule has 2 aromatic rings. The van der Waals surface area contributed by atoms with Crippen molar-refractivity contribution in [2.24, 2.45) is 0 Å². The van der Waals surface area contributed by atoms with E-state index in [0.717, 1.165) is 0 Å². The van der Waals surface area contributed by atoms with E-state index >= 15 is 0 Å². The van der Waals surface area contributed by atoms with Crippen LogP contribution in [0.1, 0.15) is 28.4 Å². The quantitative estimate of drug-likeness (QED) is 0.890. The molecule has 6 heteroatoms. The number of hydrogen-bond donors (Lipinski definition) is 2. The van der Waals surface area contributed by atoms with Crippen LogP contribution in [0.5, 0.6) is 28.7 Å². The second-order valence-electron chi connectivity index (χ2n) is 6.01. The van der Waals surface area contributed by atoms with Crippen LogP contribution in [0.3, 0.4) is 0 Å². The van der Waals surface area contributed by atoms with Crippen LogP contribution in [-0.2, 0) is 11.2 Å². The maximum atomic E-state index is 12.6. The van der Waals surface area contributed by atoms with Crippen molar-refractivity contribution in [2.45, 2.75) is 26.4 Å². The predicted octanol–water partition coefficient (Wildman–Crippen LogP) is 2.98. The van der Waals surface area contributed by atoms with Crippen LogP contribution < -0.4 is 14.2 Å². The third kappa shape index (κ3) is 2.63. The van der Waals surface area contributed by atoms with E-state index in [1.807, 2.05) is 0 Å². The van der Waals surface area contributed by atoms with E-state index in [0.29, 0.717) is 39.5 Å². The van der Waals surface area contributed by atoms with E-state index < -0.39 is 6.10 Å². The number of Topliss-reactive ketones (excluding diaryl/α,β-unsaturated/α-hetero) is 1. The summed E-state index contributed by atoms with van der Waals surface area (Å²) in [6.45, 7) is 3.30. The molecule has 0 fully saturated rings. The van der Waals surface area contributed by atoms with Crippen molar-refractivity contribution in [1.82, 2.24) is 0 Å². The predicted molar refractivity (Wildman–Crippen MR) is 90.9 cm³/mol. The molecule has 6 nitrogen and oxygen atoms in total. The van der Waals surface area contributed by atoms with Gasteiger partial charge >= 0.3 is 0 Å². The highest BCUT2D eigenvalue weighted by molar-refractivity contribution is 5.90. The van der Waals surface area contributed by atoms with Crippen LogP contribution in [0.4, 0.5) is 0 Å². The lowest BCUT2D eigenvalue weighted by Gasteiger charge is -2.28. The number of ether oxygens (including phenoxy) is 3. The summed E-state index contributed by atoms with van der Waals surface area (Å²) in [6.07, 6.45) is -0.810. The molecule has 0 bridgehead atoms. The summed E-state index contributed by atoms with van der Waals surface area (Å²) in [7, 11) is 3.05. The SMILES string of the molecule is COc1ccc(C2Oc3c(C)c(O)c(C)c(O)c3CC2=O)cc1OC. The number of benzene rings is 2. The lowest BCUT2D eigenvalue weighted by molar-refractivity contribution is -0.126. The Balaban J connectivity index is 2.07. The summed E-state index contributed by atoms with van der Waals surface area (Å²) < 4.78 is 16.4. The molecular formula is C19H20O6. The van der Waals surface area contributed by atoms with E-state index in [1.165, 1.54) is 14.2 Å². The Morgan fingerprint density at radius 2 is 1.72 bits per heavy atom. The van der Waals surface area contributed by atoms with Crippen molar-refractivity contribution in [2.75, 3.05) is 14.2 Å². The van der Waals surface area contributed by atoms with Gasteiger partial charge in [0.05, 0.1) is 14.2 Å². The minimum atomic E-state index is -0.840. The molecule has 1 unspecified atom stereocenters. The van der Waals surface area contributed by atoms with Gasteiger partial charge in [-0.05, 0) is 26.0 Å². The van der Waals surface area contributed by atoms with Crippen LogP contribution in [0.2, 0.25) is 0 Å². The maximum Gasteiger partial charge on any atom is 0.182 e. The number of methoxy groups -OCH3 is 2. The van der Waals surface area contributed by atoms with E-state index in [2.05, 4.69) is 0 Å². The van der Waals surface area contributed by atoms with E-state index in [9.17, 15) is 15.0 Å². The average molecular weight is 344 g/mol. The van der Waals surface area contributed by atoms with Gasteiger partial charge in [0.25, 0.3) is 0 Å². The van der Waals surface area contributed by atoms with Gasteiger partial charge < -0.3 is 24.4 Å². The monoisotopic (exact) mass is 344 g/mol. The molecule has 0 radical (unpaired) electrons. The molecule has 2 aromatic carbocycles. The number of carbonyl (C=O) groups is 1. The third-order valence-corrected chi connectivity index (χ3v) is 4.56. The van der Waals surface area contributed by atoms with E-state index in [-0.39, 0.29) is 23.7 Å². The molecule has 3 rings (SSSR count). The highest BCUT2D eigenvalue weighted by Gasteiger charge is 2.34.